The lowest BCUT2D eigenvalue weighted by Gasteiger charge is -2.37. The van der Waals surface area contributed by atoms with Gasteiger partial charge in [-0.05, 0) is 55.5 Å². The molecule has 0 radical (unpaired) electrons. The van der Waals surface area contributed by atoms with Gasteiger partial charge in [-0.25, -0.2) is 0 Å². The van der Waals surface area contributed by atoms with Gasteiger partial charge in [-0.1, -0.05) is 88.9 Å². The predicted molar refractivity (Wildman–Crippen MR) is 132 cm³/mol. The topological polar surface area (TPSA) is 46.2 Å². The molecule has 0 atom stereocenters. The molecule has 6 heteroatoms. The highest BCUT2D eigenvalue weighted by Gasteiger charge is 2.40. The summed E-state index contributed by atoms with van der Waals surface area (Å²) in [5.74, 6) is 0.848. The molecule has 2 aliphatic rings. The highest BCUT2D eigenvalue weighted by molar-refractivity contribution is 8.13. The predicted octanol–water partition coefficient (Wildman–Crippen LogP) is 8.52. The zero-order chi connectivity index (χ0) is 22.6. The summed E-state index contributed by atoms with van der Waals surface area (Å²) in [7, 11) is 0. The lowest BCUT2D eigenvalue weighted by Crippen LogP contribution is -2.38. The van der Waals surface area contributed by atoms with Gasteiger partial charge >= 0.3 is 0 Å². The van der Waals surface area contributed by atoms with E-state index < -0.39 is 5.41 Å². The van der Waals surface area contributed by atoms with E-state index in [9.17, 15) is 9.59 Å². The minimum absolute atomic E-state index is 0.0231. The Labute approximate surface area is 201 Å². The van der Waals surface area contributed by atoms with Gasteiger partial charge in [0, 0.05) is 15.7 Å². The van der Waals surface area contributed by atoms with Crippen LogP contribution in [0.15, 0.2) is 17.0 Å². The second kappa shape index (κ2) is 10.5. The number of hydrogen-bond donors (Lipinski definition) is 1. The van der Waals surface area contributed by atoms with Crippen LogP contribution in [0, 0.1) is 16.7 Å². The molecule has 1 amide bonds. The third-order valence-electron chi connectivity index (χ3n) is 6.88. The molecule has 2 fully saturated rings. The molecule has 0 saturated heterocycles. The number of rotatable bonds is 6. The molecule has 0 heterocycles. The van der Waals surface area contributed by atoms with Crippen LogP contribution in [0.25, 0.3) is 0 Å². The number of hydrogen-bond acceptors (Lipinski definition) is 3. The summed E-state index contributed by atoms with van der Waals surface area (Å²) >= 11 is 13.7. The first-order valence-electron chi connectivity index (χ1n) is 11.6. The molecule has 0 aliphatic heterocycles. The van der Waals surface area contributed by atoms with Crippen molar-refractivity contribution in [1.82, 2.24) is 0 Å². The standard InChI is InChI=1S/C25H35Cl2NO2S/c1-24(2,3)23(30)31-21-16-19(27)18(26)15-20(21)28-22(29)25(12-7-4-8-13-25)14-11-17-9-5-6-10-17/h15-17H,4-14H2,1-3H3,(H,28,29). The zero-order valence-corrected chi connectivity index (χ0v) is 21.3. The van der Waals surface area contributed by atoms with Crippen molar-refractivity contribution in [3.8, 4) is 0 Å². The van der Waals surface area contributed by atoms with E-state index >= 15 is 0 Å². The fraction of sp³-hybridized carbons (Fsp3) is 0.680. The van der Waals surface area contributed by atoms with Crippen LogP contribution in [0.2, 0.25) is 10.0 Å². The first-order valence-corrected chi connectivity index (χ1v) is 13.2. The molecule has 1 aromatic rings. The summed E-state index contributed by atoms with van der Waals surface area (Å²) in [5.41, 5.74) is -0.222. The summed E-state index contributed by atoms with van der Waals surface area (Å²) in [5, 5.41) is 3.96. The van der Waals surface area contributed by atoms with E-state index in [-0.39, 0.29) is 16.4 Å². The van der Waals surface area contributed by atoms with Gasteiger partial charge < -0.3 is 5.32 Å². The highest BCUT2D eigenvalue weighted by atomic mass is 35.5. The van der Waals surface area contributed by atoms with E-state index in [1.54, 1.807) is 12.1 Å². The van der Waals surface area contributed by atoms with Crippen molar-refractivity contribution < 1.29 is 9.59 Å². The molecule has 31 heavy (non-hydrogen) atoms. The molecule has 1 aromatic carbocycles. The van der Waals surface area contributed by atoms with Crippen molar-refractivity contribution in [3.05, 3.63) is 22.2 Å². The molecule has 0 aromatic heterocycles. The largest absolute Gasteiger partial charge is 0.325 e. The number of benzene rings is 1. The quantitative estimate of drug-likeness (QED) is 0.412. The first-order chi connectivity index (χ1) is 14.6. The van der Waals surface area contributed by atoms with Gasteiger partial charge in [-0.3, -0.25) is 9.59 Å². The van der Waals surface area contributed by atoms with Crippen LogP contribution in [0.1, 0.15) is 91.4 Å². The maximum atomic E-state index is 13.6. The van der Waals surface area contributed by atoms with E-state index in [2.05, 4.69) is 5.32 Å². The summed E-state index contributed by atoms with van der Waals surface area (Å²) in [6.07, 6.45) is 12.6. The van der Waals surface area contributed by atoms with Crippen LogP contribution in [0.5, 0.6) is 0 Å². The van der Waals surface area contributed by atoms with Gasteiger partial charge in [0.1, 0.15) is 0 Å². The second-order valence-electron chi connectivity index (χ2n) is 10.4. The minimum Gasteiger partial charge on any atom is -0.325 e. The molecular weight excluding hydrogens is 449 g/mol. The molecular formula is C25H35Cl2NO2S. The maximum Gasteiger partial charge on any atom is 0.230 e. The first kappa shape index (κ1) is 24.9. The zero-order valence-electron chi connectivity index (χ0n) is 19.0. The van der Waals surface area contributed by atoms with Crippen LogP contribution in [0.3, 0.4) is 0 Å². The number of carbonyl (C=O) groups is 2. The van der Waals surface area contributed by atoms with Crippen molar-refractivity contribution >= 4 is 51.7 Å². The van der Waals surface area contributed by atoms with Gasteiger partial charge in [0.05, 0.1) is 15.7 Å². The highest BCUT2D eigenvalue weighted by Crippen LogP contribution is 2.45. The molecule has 0 spiro atoms. The number of amides is 1. The average molecular weight is 485 g/mol. The van der Waals surface area contributed by atoms with Crippen LogP contribution in [-0.4, -0.2) is 11.0 Å². The van der Waals surface area contributed by atoms with Gasteiger partial charge in [0.2, 0.25) is 5.91 Å². The second-order valence-corrected chi connectivity index (χ2v) is 12.2. The monoisotopic (exact) mass is 483 g/mol. The molecule has 3 rings (SSSR count). The van der Waals surface area contributed by atoms with Gasteiger partial charge in [-0.15, -0.1) is 0 Å². The van der Waals surface area contributed by atoms with Crippen molar-refractivity contribution in [2.45, 2.75) is 96.3 Å². The summed E-state index contributed by atoms with van der Waals surface area (Å²) in [6.45, 7) is 5.66. The normalized spacial score (nSPS) is 19.4. The Balaban J connectivity index is 1.81. The summed E-state index contributed by atoms with van der Waals surface area (Å²) in [6, 6.07) is 3.38. The molecule has 2 aliphatic carbocycles. The van der Waals surface area contributed by atoms with Gasteiger partial charge in [-0.2, -0.15) is 0 Å². The molecule has 0 bridgehead atoms. The Morgan fingerprint density at radius 2 is 1.65 bits per heavy atom. The number of nitrogens with one attached hydrogen (secondary N) is 1. The SMILES string of the molecule is CC(C)(C)C(=O)Sc1cc(Cl)c(Cl)cc1NC(=O)C1(CCC2CCCC2)CCCCC1. The minimum atomic E-state index is -0.496. The third kappa shape index (κ3) is 6.42. The molecule has 1 N–H and O–H groups in total. The summed E-state index contributed by atoms with van der Waals surface area (Å²) in [4.78, 5) is 27.0. The van der Waals surface area contributed by atoms with E-state index in [0.717, 1.165) is 56.2 Å². The van der Waals surface area contributed by atoms with Gasteiger partial charge in [0.25, 0.3) is 0 Å². The molecule has 0 unspecified atom stereocenters. The van der Waals surface area contributed by atoms with Gasteiger partial charge in [0.15, 0.2) is 5.12 Å². The Bertz CT molecular complexity index is 806. The Hall–Kier alpha value is -0.710. The Kier molecular flexibility index (Phi) is 8.43. The maximum absolute atomic E-state index is 13.6. The number of halogens is 2. The molecule has 2 saturated carbocycles. The fourth-order valence-electron chi connectivity index (χ4n) is 4.82. The van der Waals surface area contributed by atoms with Crippen LogP contribution >= 0.6 is 35.0 Å². The van der Waals surface area contributed by atoms with Crippen molar-refractivity contribution in [3.63, 3.8) is 0 Å². The van der Waals surface area contributed by atoms with E-state index in [1.807, 2.05) is 20.8 Å². The average Bonchev–Trinajstić information content (AvgIpc) is 3.24. The van der Waals surface area contributed by atoms with Crippen molar-refractivity contribution in [2.24, 2.45) is 16.7 Å². The van der Waals surface area contributed by atoms with Crippen LogP contribution in [-0.2, 0) is 9.59 Å². The van der Waals surface area contributed by atoms with Crippen molar-refractivity contribution in [1.29, 1.82) is 0 Å². The Morgan fingerprint density at radius 1 is 1.03 bits per heavy atom. The fourth-order valence-corrected chi connectivity index (χ4v) is 6.11. The number of carbonyl (C=O) groups excluding carboxylic acids is 2. The van der Waals surface area contributed by atoms with Crippen molar-refractivity contribution in [2.75, 3.05) is 5.32 Å². The summed E-state index contributed by atoms with van der Waals surface area (Å²) < 4.78 is 0. The lowest BCUT2D eigenvalue weighted by atomic mass is 9.69. The Morgan fingerprint density at radius 3 is 2.26 bits per heavy atom. The van der Waals surface area contributed by atoms with E-state index in [0.29, 0.717) is 20.6 Å². The smallest absolute Gasteiger partial charge is 0.230 e. The lowest BCUT2D eigenvalue weighted by molar-refractivity contribution is -0.128. The van der Waals surface area contributed by atoms with Crippen LogP contribution < -0.4 is 5.32 Å². The van der Waals surface area contributed by atoms with E-state index in [4.69, 9.17) is 23.2 Å². The number of anilines is 1. The van der Waals surface area contributed by atoms with E-state index in [1.165, 1.54) is 32.1 Å². The number of thioether (sulfide) groups is 1. The third-order valence-corrected chi connectivity index (χ3v) is 8.96. The molecule has 172 valence electrons. The molecule has 3 nitrogen and oxygen atoms in total. The van der Waals surface area contributed by atoms with Crippen LogP contribution in [0.4, 0.5) is 5.69 Å².